The van der Waals surface area contributed by atoms with Crippen LogP contribution in [0.25, 0.3) is 0 Å². The van der Waals surface area contributed by atoms with E-state index in [0.29, 0.717) is 23.2 Å². The van der Waals surface area contributed by atoms with Gasteiger partial charge in [-0.3, -0.25) is 24.6 Å². The van der Waals surface area contributed by atoms with Gasteiger partial charge in [-0.05, 0) is 72.0 Å². The van der Waals surface area contributed by atoms with Crippen LogP contribution in [-0.4, -0.2) is 52.6 Å². The molecular weight excluding hydrogens is 550 g/mol. The molecule has 42 heavy (non-hydrogen) atoms. The van der Waals surface area contributed by atoms with Crippen molar-refractivity contribution in [1.82, 2.24) is 15.1 Å². The van der Waals surface area contributed by atoms with Crippen LogP contribution in [0.1, 0.15) is 57.8 Å². The Kier molecular flexibility index (Phi) is 7.34. The van der Waals surface area contributed by atoms with Crippen molar-refractivity contribution in [2.24, 2.45) is 5.92 Å². The van der Waals surface area contributed by atoms with Gasteiger partial charge in [0.15, 0.2) is 0 Å². The van der Waals surface area contributed by atoms with E-state index < -0.39 is 47.9 Å². The van der Waals surface area contributed by atoms with Crippen molar-refractivity contribution in [2.45, 2.75) is 50.2 Å². The molecule has 0 bridgehead atoms. The highest BCUT2D eigenvalue weighted by Gasteiger charge is 2.49. The van der Waals surface area contributed by atoms with Crippen LogP contribution in [0.15, 0.2) is 66.7 Å². The minimum absolute atomic E-state index is 0.162. The second-order valence-electron chi connectivity index (χ2n) is 11.3. The molecule has 2 atom stereocenters. The second-order valence-corrected chi connectivity index (χ2v) is 11.3. The standard InChI is InChI=1S/C32H29F4N3O3/c33-23-6-2-20(3-7-23)29(21-4-8-24(34)9-5-21)26-13-14-38(18-32(26,35)36)16-19-1-10-25-22(15-19)17-39(31(25)42)27-11-12-28(40)37-30(27)41/h1-10,15,26-27,29H,11-14,16-18H2,(H,37,40,41). The molecule has 0 spiro atoms. The predicted octanol–water partition coefficient (Wildman–Crippen LogP) is 5.02. The van der Waals surface area contributed by atoms with Gasteiger partial charge in [-0.15, -0.1) is 0 Å². The summed E-state index contributed by atoms with van der Waals surface area (Å²) in [6.07, 6.45) is 0.590. The molecule has 2 unspecified atom stereocenters. The van der Waals surface area contributed by atoms with E-state index in [9.17, 15) is 23.2 Å². The average molecular weight is 580 g/mol. The lowest BCUT2D eigenvalue weighted by molar-refractivity contribution is -0.136. The summed E-state index contributed by atoms with van der Waals surface area (Å²) in [5.41, 5.74) is 3.05. The lowest BCUT2D eigenvalue weighted by Gasteiger charge is -2.42. The fourth-order valence-corrected chi connectivity index (χ4v) is 6.55. The maximum atomic E-state index is 15.9. The quantitative estimate of drug-likeness (QED) is 0.329. The van der Waals surface area contributed by atoms with Crippen molar-refractivity contribution in [3.8, 4) is 0 Å². The van der Waals surface area contributed by atoms with E-state index >= 15 is 8.78 Å². The van der Waals surface area contributed by atoms with E-state index in [-0.39, 0.29) is 44.2 Å². The molecular formula is C32H29F4N3O3. The van der Waals surface area contributed by atoms with Crippen molar-refractivity contribution < 1.29 is 31.9 Å². The molecule has 3 aliphatic heterocycles. The Labute approximate surface area is 240 Å². The number of amides is 3. The third kappa shape index (κ3) is 5.43. The van der Waals surface area contributed by atoms with Gasteiger partial charge in [-0.25, -0.2) is 17.6 Å². The van der Waals surface area contributed by atoms with Crippen LogP contribution in [0.2, 0.25) is 0 Å². The Morgan fingerprint density at radius 3 is 2.12 bits per heavy atom. The maximum Gasteiger partial charge on any atom is 0.264 e. The normalized spacial score (nSPS) is 22.4. The van der Waals surface area contributed by atoms with Gasteiger partial charge in [0.1, 0.15) is 17.7 Å². The number of likely N-dealkylation sites (tertiary alicyclic amines) is 1. The van der Waals surface area contributed by atoms with Crippen LogP contribution in [0, 0.1) is 17.6 Å². The highest BCUT2D eigenvalue weighted by atomic mass is 19.3. The molecule has 3 heterocycles. The van der Waals surface area contributed by atoms with Crippen molar-refractivity contribution >= 4 is 17.7 Å². The number of imide groups is 1. The lowest BCUT2D eigenvalue weighted by Crippen LogP contribution is -2.52. The van der Waals surface area contributed by atoms with Crippen molar-refractivity contribution in [2.75, 3.05) is 13.1 Å². The highest BCUT2D eigenvalue weighted by molar-refractivity contribution is 6.05. The Morgan fingerprint density at radius 2 is 1.52 bits per heavy atom. The van der Waals surface area contributed by atoms with Crippen molar-refractivity contribution in [1.29, 1.82) is 0 Å². The zero-order chi connectivity index (χ0) is 29.6. The summed E-state index contributed by atoms with van der Waals surface area (Å²) >= 11 is 0. The Balaban J connectivity index is 1.18. The van der Waals surface area contributed by atoms with Gasteiger partial charge in [0.05, 0.1) is 6.54 Å². The summed E-state index contributed by atoms with van der Waals surface area (Å²) in [6, 6.07) is 15.5. The first-order chi connectivity index (χ1) is 20.1. The van der Waals surface area contributed by atoms with Crippen LogP contribution < -0.4 is 5.32 Å². The van der Waals surface area contributed by atoms with Crippen LogP contribution in [0.4, 0.5) is 17.6 Å². The van der Waals surface area contributed by atoms with Gasteiger partial charge in [-0.2, -0.15) is 0 Å². The molecule has 0 radical (unpaired) electrons. The minimum atomic E-state index is -3.10. The zero-order valence-electron chi connectivity index (χ0n) is 22.7. The first-order valence-corrected chi connectivity index (χ1v) is 14.0. The molecule has 0 saturated carbocycles. The first kappa shape index (κ1) is 28.1. The molecule has 6 rings (SSSR count). The Morgan fingerprint density at radius 1 is 0.881 bits per heavy atom. The number of hydrogen-bond acceptors (Lipinski definition) is 4. The number of nitrogens with zero attached hydrogens (tertiary/aromatic N) is 2. The van der Waals surface area contributed by atoms with Gasteiger partial charge in [0.2, 0.25) is 11.8 Å². The van der Waals surface area contributed by atoms with Crippen LogP contribution in [-0.2, 0) is 22.7 Å². The molecule has 218 valence electrons. The lowest BCUT2D eigenvalue weighted by atomic mass is 9.74. The molecule has 3 aromatic carbocycles. The second kappa shape index (κ2) is 11.0. The van der Waals surface area contributed by atoms with Gasteiger partial charge in [0.25, 0.3) is 11.8 Å². The number of hydrogen-bond donors (Lipinski definition) is 1. The van der Waals surface area contributed by atoms with E-state index in [0.717, 1.165) is 11.1 Å². The monoisotopic (exact) mass is 579 g/mol. The summed E-state index contributed by atoms with van der Waals surface area (Å²) in [5.74, 6) is -6.98. The number of rotatable bonds is 6. The smallest absolute Gasteiger partial charge is 0.264 e. The number of benzene rings is 3. The van der Waals surface area contributed by atoms with E-state index in [1.165, 1.54) is 53.4 Å². The summed E-state index contributed by atoms with van der Waals surface area (Å²) < 4.78 is 59.1. The highest BCUT2D eigenvalue weighted by Crippen LogP contribution is 2.46. The SMILES string of the molecule is O=C1CCC(N2Cc3cc(CN4CCC(C(c5ccc(F)cc5)c5ccc(F)cc5)C(F)(F)C4)ccc3C2=O)C(=O)N1. The Bertz CT molecular complexity index is 1480. The molecule has 0 aliphatic carbocycles. The minimum Gasteiger partial charge on any atom is -0.322 e. The van der Waals surface area contributed by atoms with E-state index in [2.05, 4.69) is 5.32 Å². The molecule has 6 nitrogen and oxygen atoms in total. The van der Waals surface area contributed by atoms with E-state index in [1.54, 1.807) is 17.0 Å². The Hall–Kier alpha value is -4.05. The molecule has 3 amide bonds. The molecule has 2 saturated heterocycles. The number of carbonyl (C=O) groups excluding carboxylic acids is 3. The number of nitrogens with one attached hydrogen (secondary N) is 1. The molecule has 1 N–H and O–H groups in total. The van der Waals surface area contributed by atoms with Crippen molar-refractivity contribution in [3.05, 3.63) is 106 Å². The van der Waals surface area contributed by atoms with Crippen LogP contribution in [0.3, 0.4) is 0 Å². The fourth-order valence-electron chi connectivity index (χ4n) is 6.55. The van der Waals surface area contributed by atoms with E-state index in [1.807, 2.05) is 6.07 Å². The molecule has 0 aromatic heterocycles. The number of piperidine rings is 2. The molecule has 3 aliphatic rings. The summed E-state index contributed by atoms with van der Waals surface area (Å²) in [4.78, 5) is 40.0. The van der Waals surface area contributed by atoms with E-state index in [4.69, 9.17) is 0 Å². The maximum absolute atomic E-state index is 15.9. The summed E-state index contributed by atoms with van der Waals surface area (Å²) in [7, 11) is 0. The van der Waals surface area contributed by atoms with Gasteiger partial charge >= 0.3 is 0 Å². The van der Waals surface area contributed by atoms with Gasteiger partial charge < -0.3 is 4.90 Å². The predicted molar refractivity (Wildman–Crippen MR) is 145 cm³/mol. The molecule has 2 fully saturated rings. The largest absolute Gasteiger partial charge is 0.322 e. The number of fused-ring (bicyclic) bond motifs is 1. The van der Waals surface area contributed by atoms with Crippen molar-refractivity contribution in [3.63, 3.8) is 0 Å². The van der Waals surface area contributed by atoms with Crippen LogP contribution in [0.5, 0.6) is 0 Å². The van der Waals surface area contributed by atoms with Crippen LogP contribution >= 0.6 is 0 Å². The fraction of sp³-hybridized carbons (Fsp3) is 0.344. The molecule has 10 heteroatoms. The number of halogens is 4. The molecule has 3 aromatic rings. The zero-order valence-corrected chi connectivity index (χ0v) is 22.7. The topological polar surface area (TPSA) is 69.7 Å². The van der Waals surface area contributed by atoms with Gasteiger partial charge in [0, 0.05) is 36.9 Å². The third-order valence-corrected chi connectivity index (χ3v) is 8.59. The number of carbonyl (C=O) groups is 3. The van der Waals surface area contributed by atoms with Gasteiger partial charge in [-0.1, -0.05) is 36.4 Å². The average Bonchev–Trinajstić information content (AvgIpc) is 3.26. The summed E-state index contributed by atoms with van der Waals surface area (Å²) in [5, 5.41) is 2.28. The third-order valence-electron chi connectivity index (χ3n) is 8.59. The summed E-state index contributed by atoms with van der Waals surface area (Å²) in [6.45, 7) is 0.357. The number of alkyl halides is 2. The first-order valence-electron chi connectivity index (χ1n) is 14.0.